The summed E-state index contributed by atoms with van der Waals surface area (Å²) in [5.74, 6) is 0.997. The summed E-state index contributed by atoms with van der Waals surface area (Å²) in [6, 6.07) is 9.55. The molecule has 1 fully saturated rings. The van der Waals surface area contributed by atoms with Crippen molar-refractivity contribution in [3.63, 3.8) is 0 Å². The van der Waals surface area contributed by atoms with Gasteiger partial charge in [0.15, 0.2) is 0 Å². The molecule has 0 heterocycles. The van der Waals surface area contributed by atoms with E-state index in [-0.39, 0.29) is 11.9 Å². The Kier molecular flexibility index (Phi) is 3.44. The maximum atomic E-state index is 11.5. The van der Waals surface area contributed by atoms with E-state index in [2.05, 4.69) is 0 Å². The van der Waals surface area contributed by atoms with Crippen LogP contribution in [-0.2, 0) is 9.53 Å². The van der Waals surface area contributed by atoms with Crippen LogP contribution in [0.1, 0.15) is 12.8 Å². The van der Waals surface area contributed by atoms with Gasteiger partial charge in [-0.1, -0.05) is 18.2 Å². The van der Waals surface area contributed by atoms with Gasteiger partial charge in [-0.2, -0.15) is 0 Å². The molecule has 0 bridgehead atoms. The van der Waals surface area contributed by atoms with Gasteiger partial charge < -0.3 is 9.47 Å². The molecular formula is C13H16O3. The van der Waals surface area contributed by atoms with Crippen molar-refractivity contribution in [2.24, 2.45) is 11.8 Å². The van der Waals surface area contributed by atoms with Gasteiger partial charge in [-0.3, -0.25) is 4.79 Å². The number of rotatable bonds is 5. The largest absolute Gasteiger partial charge is 0.493 e. The van der Waals surface area contributed by atoms with Gasteiger partial charge in [0.05, 0.1) is 13.0 Å². The van der Waals surface area contributed by atoms with Gasteiger partial charge >= 0.3 is 5.97 Å². The van der Waals surface area contributed by atoms with E-state index in [9.17, 15) is 4.79 Å². The molecule has 16 heavy (non-hydrogen) atoms. The molecule has 0 aromatic heterocycles. The van der Waals surface area contributed by atoms with Crippen LogP contribution in [0.25, 0.3) is 0 Å². The number of ether oxygens (including phenoxy) is 2. The van der Waals surface area contributed by atoms with Crippen LogP contribution in [0.15, 0.2) is 30.3 Å². The minimum atomic E-state index is -0.154. The summed E-state index contributed by atoms with van der Waals surface area (Å²) in [4.78, 5) is 11.5. The molecule has 0 aliphatic heterocycles. The molecule has 3 nitrogen and oxygen atoms in total. The maximum Gasteiger partial charge on any atom is 0.312 e. The molecule has 2 rings (SSSR count). The summed E-state index contributed by atoms with van der Waals surface area (Å²) in [5.41, 5.74) is 0. The van der Waals surface area contributed by atoms with E-state index in [1.165, 1.54) is 7.11 Å². The van der Waals surface area contributed by atoms with E-state index in [0.717, 1.165) is 18.6 Å². The van der Waals surface area contributed by atoms with E-state index in [0.29, 0.717) is 12.5 Å². The highest BCUT2D eigenvalue weighted by molar-refractivity contribution is 5.73. The molecular weight excluding hydrogens is 204 g/mol. The molecule has 0 spiro atoms. The summed E-state index contributed by atoms with van der Waals surface area (Å²) < 4.78 is 10.4. The van der Waals surface area contributed by atoms with Gasteiger partial charge in [0.2, 0.25) is 0 Å². The van der Waals surface area contributed by atoms with Gasteiger partial charge in [0, 0.05) is 0 Å². The normalized spacial score (nSPS) is 16.6. The quantitative estimate of drug-likeness (QED) is 0.714. The van der Waals surface area contributed by atoms with Gasteiger partial charge in [-0.25, -0.2) is 0 Å². The lowest BCUT2D eigenvalue weighted by atomic mass is 10.1. The van der Waals surface area contributed by atoms with Crippen molar-refractivity contribution in [3.8, 4) is 5.75 Å². The van der Waals surface area contributed by atoms with Crippen molar-refractivity contribution in [2.45, 2.75) is 12.8 Å². The van der Waals surface area contributed by atoms with E-state index in [1.807, 2.05) is 30.3 Å². The first-order valence-corrected chi connectivity index (χ1v) is 5.57. The zero-order valence-corrected chi connectivity index (χ0v) is 9.39. The second-order valence-electron chi connectivity index (χ2n) is 4.09. The molecule has 0 saturated heterocycles. The smallest absolute Gasteiger partial charge is 0.312 e. The molecule has 0 N–H and O–H groups in total. The Balaban J connectivity index is 1.89. The number of hydrogen-bond acceptors (Lipinski definition) is 3. The van der Waals surface area contributed by atoms with Crippen molar-refractivity contribution in [1.29, 1.82) is 0 Å². The SMILES string of the molecule is COC(=O)C(COc1ccccc1)C1CC1. The fourth-order valence-corrected chi connectivity index (χ4v) is 1.75. The number of carbonyl (C=O) groups excluding carboxylic acids is 1. The van der Waals surface area contributed by atoms with E-state index < -0.39 is 0 Å². The molecule has 1 aromatic carbocycles. The summed E-state index contributed by atoms with van der Waals surface area (Å²) in [6.07, 6.45) is 2.22. The molecule has 1 saturated carbocycles. The van der Waals surface area contributed by atoms with Crippen LogP contribution in [0.5, 0.6) is 5.75 Å². The van der Waals surface area contributed by atoms with Gasteiger partial charge in [-0.05, 0) is 30.9 Å². The minimum absolute atomic E-state index is 0.106. The van der Waals surface area contributed by atoms with E-state index in [1.54, 1.807) is 0 Å². The zero-order valence-electron chi connectivity index (χ0n) is 9.39. The fraction of sp³-hybridized carbons (Fsp3) is 0.462. The lowest BCUT2D eigenvalue weighted by Crippen LogP contribution is -2.25. The molecule has 0 amide bonds. The molecule has 86 valence electrons. The Morgan fingerprint density at radius 1 is 1.38 bits per heavy atom. The van der Waals surface area contributed by atoms with Crippen LogP contribution < -0.4 is 4.74 Å². The van der Waals surface area contributed by atoms with Crippen molar-refractivity contribution in [1.82, 2.24) is 0 Å². The number of esters is 1. The number of methoxy groups -OCH3 is 1. The van der Waals surface area contributed by atoms with Crippen molar-refractivity contribution in [2.75, 3.05) is 13.7 Å². The first-order valence-electron chi connectivity index (χ1n) is 5.57. The topological polar surface area (TPSA) is 35.5 Å². The van der Waals surface area contributed by atoms with E-state index >= 15 is 0 Å². The maximum absolute atomic E-state index is 11.5. The Hall–Kier alpha value is -1.51. The Labute approximate surface area is 95.4 Å². The first-order chi connectivity index (χ1) is 7.81. The average Bonchev–Trinajstić information content (AvgIpc) is 3.15. The third-order valence-corrected chi connectivity index (χ3v) is 2.87. The predicted octanol–water partition coefficient (Wildman–Crippen LogP) is 2.26. The number of para-hydroxylation sites is 1. The van der Waals surface area contributed by atoms with Crippen LogP contribution in [0, 0.1) is 11.8 Å². The molecule has 3 heteroatoms. The lowest BCUT2D eigenvalue weighted by Gasteiger charge is -2.14. The highest BCUT2D eigenvalue weighted by atomic mass is 16.5. The Bertz CT molecular complexity index is 343. The number of hydrogen-bond donors (Lipinski definition) is 0. The minimum Gasteiger partial charge on any atom is -0.493 e. The second-order valence-corrected chi connectivity index (χ2v) is 4.09. The fourth-order valence-electron chi connectivity index (χ4n) is 1.75. The van der Waals surface area contributed by atoms with Crippen molar-refractivity contribution in [3.05, 3.63) is 30.3 Å². The van der Waals surface area contributed by atoms with Crippen molar-refractivity contribution >= 4 is 5.97 Å². The number of carbonyl (C=O) groups is 1. The summed E-state index contributed by atoms with van der Waals surface area (Å²) in [6.45, 7) is 0.418. The lowest BCUT2D eigenvalue weighted by molar-refractivity contribution is -0.147. The highest BCUT2D eigenvalue weighted by Gasteiger charge is 2.37. The first kappa shape index (κ1) is 11.0. The predicted molar refractivity (Wildman–Crippen MR) is 60.2 cm³/mol. The standard InChI is InChI=1S/C13H16O3/c1-15-13(14)12(10-7-8-10)9-16-11-5-3-2-4-6-11/h2-6,10,12H,7-9H2,1H3. The van der Waals surface area contributed by atoms with Crippen LogP contribution in [0.3, 0.4) is 0 Å². The third kappa shape index (κ3) is 2.75. The van der Waals surface area contributed by atoms with Crippen LogP contribution in [0.2, 0.25) is 0 Å². The molecule has 1 atom stereocenters. The van der Waals surface area contributed by atoms with Gasteiger partial charge in [0.1, 0.15) is 12.4 Å². The van der Waals surface area contributed by atoms with Crippen molar-refractivity contribution < 1.29 is 14.3 Å². The summed E-state index contributed by atoms with van der Waals surface area (Å²) >= 11 is 0. The molecule has 0 radical (unpaired) electrons. The number of benzene rings is 1. The molecule has 1 aliphatic carbocycles. The van der Waals surface area contributed by atoms with Crippen LogP contribution in [-0.4, -0.2) is 19.7 Å². The van der Waals surface area contributed by atoms with Crippen LogP contribution in [0.4, 0.5) is 0 Å². The molecule has 1 aromatic rings. The average molecular weight is 220 g/mol. The zero-order chi connectivity index (χ0) is 11.4. The highest BCUT2D eigenvalue weighted by Crippen LogP contribution is 2.37. The van der Waals surface area contributed by atoms with Gasteiger partial charge in [0.25, 0.3) is 0 Å². The molecule has 1 unspecified atom stereocenters. The van der Waals surface area contributed by atoms with E-state index in [4.69, 9.17) is 9.47 Å². The monoisotopic (exact) mass is 220 g/mol. The molecule has 1 aliphatic rings. The second kappa shape index (κ2) is 5.01. The van der Waals surface area contributed by atoms with Crippen LogP contribution >= 0.6 is 0 Å². The summed E-state index contributed by atoms with van der Waals surface area (Å²) in [7, 11) is 1.43. The summed E-state index contributed by atoms with van der Waals surface area (Å²) in [5, 5.41) is 0. The Morgan fingerprint density at radius 2 is 2.06 bits per heavy atom. The third-order valence-electron chi connectivity index (χ3n) is 2.87. The van der Waals surface area contributed by atoms with Gasteiger partial charge in [-0.15, -0.1) is 0 Å². The Morgan fingerprint density at radius 3 is 2.62 bits per heavy atom.